The van der Waals surface area contributed by atoms with E-state index in [1.165, 1.54) is 4.90 Å². The molecule has 5 heteroatoms. The zero-order chi connectivity index (χ0) is 22.1. The molecule has 0 N–H and O–H groups in total. The van der Waals surface area contributed by atoms with Gasteiger partial charge in [-0.05, 0) is 49.8 Å². The first-order chi connectivity index (χ1) is 14.9. The van der Waals surface area contributed by atoms with Crippen LogP contribution in [0.5, 0.6) is 5.75 Å². The van der Waals surface area contributed by atoms with Crippen LogP contribution in [-0.4, -0.2) is 41.8 Å². The molecule has 2 amide bonds. The number of aryl methyl sites for hydroxylation is 2. The van der Waals surface area contributed by atoms with Gasteiger partial charge in [0, 0.05) is 18.7 Å². The van der Waals surface area contributed by atoms with Gasteiger partial charge in [0.25, 0.3) is 11.8 Å². The first-order valence-corrected chi connectivity index (χ1v) is 11.0. The Balaban J connectivity index is 1.78. The molecule has 1 saturated heterocycles. The molecule has 1 atom stereocenters. The highest BCUT2D eigenvalue weighted by Gasteiger charge is 2.42. The van der Waals surface area contributed by atoms with E-state index in [1.807, 2.05) is 50.2 Å². The summed E-state index contributed by atoms with van der Waals surface area (Å²) in [5.74, 6) is 0.736. The molecule has 2 heterocycles. The third kappa shape index (κ3) is 3.97. The number of hydrogen-bond donors (Lipinski definition) is 0. The molecule has 162 valence electrons. The summed E-state index contributed by atoms with van der Waals surface area (Å²) in [6.07, 6.45) is 2.18. The Hall–Kier alpha value is -3.08. The zero-order valence-electron chi connectivity index (χ0n) is 18.8. The summed E-state index contributed by atoms with van der Waals surface area (Å²) in [5.41, 5.74) is 4.90. The van der Waals surface area contributed by atoms with E-state index in [4.69, 9.17) is 4.74 Å². The van der Waals surface area contributed by atoms with Crippen LogP contribution >= 0.6 is 0 Å². The lowest BCUT2D eigenvalue weighted by Crippen LogP contribution is -2.39. The average molecular weight is 419 g/mol. The van der Waals surface area contributed by atoms with Crippen LogP contribution in [0, 0.1) is 19.8 Å². The SMILES string of the molecule is COc1ccccc1CN1C(=O)C(c2ccc(C)cc2C)=C(N2CCCC(C)C2)C1=O. The van der Waals surface area contributed by atoms with Crippen LogP contribution in [0.1, 0.15) is 42.0 Å². The van der Waals surface area contributed by atoms with Crippen LogP contribution in [0.15, 0.2) is 48.2 Å². The molecule has 0 aliphatic carbocycles. The summed E-state index contributed by atoms with van der Waals surface area (Å²) in [6, 6.07) is 13.6. The van der Waals surface area contributed by atoms with Crippen molar-refractivity contribution in [1.29, 1.82) is 0 Å². The third-order valence-electron chi connectivity index (χ3n) is 6.29. The number of para-hydroxylation sites is 1. The van der Waals surface area contributed by atoms with Crippen molar-refractivity contribution in [3.63, 3.8) is 0 Å². The van der Waals surface area contributed by atoms with E-state index in [0.717, 1.165) is 48.2 Å². The van der Waals surface area contributed by atoms with Crippen LogP contribution in [0.4, 0.5) is 0 Å². The Morgan fingerprint density at radius 3 is 2.55 bits per heavy atom. The van der Waals surface area contributed by atoms with E-state index < -0.39 is 0 Å². The molecule has 0 radical (unpaired) electrons. The topological polar surface area (TPSA) is 49.9 Å². The van der Waals surface area contributed by atoms with Gasteiger partial charge < -0.3 is 9.64 Å². The van der Waals surface area contributed by atoms with Crippen molar-refractivity contribution in [2.75, 3.05) is 20.2 Å². The lowest BCUT2D eigenvalue weighted by atomic mass is 9.95. The van der Waals surface area contributed by atoms with Gasteiger partial charge in [0.05, 0.1) is 19.2 Å². The number of ether oxygens (including phenoxy) is 1. The first-order valence-electron chi connectivity index (χ1n) is 11.0. The minimum Gasteiger partial charge on any atom is -0.496 e. The number of likely N-dealkylation sites (tertiary alicyclic amines) is 1. The fourth-order valence-corrected chi connectivity index (χ4v) is 4.73. The fraction of sp³-hybridized carbons (Fsp3) is 0.385. The number of nitrogens with zero attached hydrogens (tertiary/aromatic N) is 2. The highest BCUT2D eigenvalue weighted by Crippen LogP contribution is 2.36. The molecule has 2 aliphatic heterocycles. The summed E-state index contributed by atoms with van der Waals surface area (Å²) >= 11 is 0. The largest absolute Gasteiger partial charge is 0.496 e. The Kier molecular flexibility index (Phi) is 5.86. The van der Waals surface area contributed by atoms with Gasteiger partial charge in [0.15, 0.2) is 0 Å². The van der Waals surface area contributed by atoms with Gasteiger partial charge in [-0.2, -0.15) is 0 Å². The van der Waals surface area contributed by atoms with Crippen molar-refractivity contribution in [3.05, 3.63) is 70.4 Å². The standard InChI is InChI=1S/C26H30N2O3/c1-17-11-12-21(19(3)14-17)23-24(27-13-7-8-18(2)15-27)26(30)28(25(23)29)16-20-9-5-6-10-22(20)31-4/h5-6,9-12,14,18H,7-8,13,15-16H2,1-4H3. The van der Waals surface area contributed by atoms with Gasteiger partial charge in [0.1, 0.15) is 11.4 Å². The molecule has 0 bridgehead atoms. The van der Waals surface area contributed by atoms with Gasteiger partial charge in [-0.25, -0.2) is 0 Å². The quantitative estimate of drug-likeness (QED) is 0.679. The van der Waals surface area contributed by atoms with Gasteiger partial charge >= 0.3 is 0 Å². The Morgan fingerprint density at radius 1 is 1.06 bits per heavy atom. The molecule has 1 fully saturated rings. The molecule has 1 unspecified atom stereocenters. The first kappa shape index (κ1) is 21.2. The molecule has 2 aromatic rings. The van der Waals surface area contributed by atoms with E-state index >= 15 is 0 Å². The average Bonchev–Trinajstić information content (AvgIpc) is 2.99. The van der Waals surface area contributed by atoms with Crippen LogP contribution in [-0.2, 0) is 16.1 Å². The Bertz CT molecular complexity index is 1060. The van der Waals surface area contributed by atoms with Crippen molar-refractivity contribution in [3.8, 4) is 5.75 Å². The molecular formula is C26H30N2O3. The Labute approximate surface area is 184 Å². The molecule has 0 spiro atoms. The van der Waals surface area contributed by atoms with Crippen molar-refractivity contribution in [2.45, 2.75) is 40.2 Å². The van der Waals surface area contributed by atoms with Crippen LogP contribution in [0.25, 0.3) is 5.57 Å². The minimum atomic E-state index is -0.226. The number of rotatable bonds is 5. The Morgan fingerprint density at radius 2 is 1.84 bits per heavy atom. The third-order valence-corrected chi connectivity index (χ3v) is 6.29. The van der Waals surface area contributed by atoms with E-state index in [9.17, 15) is 9.59 Å². The van der Waals surface area contributed by atoms with Crippen molar-refractivity contribution in [2.24, 2.45) is 5.92 Å². The van der Waals surface area contributed by atoms with Crippen LogP contribution < -0.4 is 4.74 Å². The minimum absolute atomic E-state index is 0.197. The maximum Gasteiger partial charge on any atom is 0.278 e. The number of carbonyl (C=O) groups is 2. The highest BCUT2D eigenvalue weighted by molar-refractivity contribution is 6.35. The predicted octanol–water partition coefficient (Wildman–Crippen LogP) is 4.32. The summed E-state index contributed by atoms with van der Waals surface area (Å²) in [4.78, 5) is 30.8. The van der Waals surface area contributed by atoms with Gasteiger partial charge in [-0.15, -0.1) is 0 Å². The molecule has 2 aliphatic rings. The number of piperidine rings is 1. The van der Waals surface area contributed by atoms with Crippen LogP contribution in [0.3, 0.4) is 0 Å². The number of benzene rings is 2. The zero-order valence-corrected chi connectivity index (χ0v) is 18.8. The molecular weight excluding hydrogens is 388 g/mol. The summed E-state index contributed by atoms with van der Waals surface area (Å²) in [6.45, 7) is 8.04. The molecule has 0 saturated carbocycles. The second kappa shape index (κ2) is 8.58. The molecule has 2 aromatic carbocycles. The van der Waals surface area contributed by atoms with Crippen molar-refractivity contribution < 1.29 is 14.3 Å². The lowest BCUT2D eigenvalue weighted by Gasteiger charge is -2.33. The number of imide groups is 1. The summed E-state index contributed by atoms with van der Waals surface area (Å²) in [7, 11) is 1.60. The smallest absolute Gasteiger partial charge is 0.278 e. The van der Waals surface area contributed by atoms with Crippen LogP contribution in [0.2, 0.25) is 0 Å². The number of amides is 2. The molecule has 31 heavy (non-hydrogen) atoms. The maximum atomic E-state index is 13.7. The summed E-state index contributed by atoms with van der Waals surface area (Å²) < 4.78 is 5.45. The monoisotopic (exact) mass is 418 g/mol. The number of carbonyl (C=O) groups excluding carboxylic acids is 2. The number of hydrogen-bond acceptors (Lipinski definition) is 4. The predicted molar refractivity (Wildman–Crippen MR) is 121 cm³/mol. The normalized spacial score (nSPS) is 19.4. The van der Waals surface area contributed by atoms with Crippen molar-refractivity contribution in [1.82, 2.24) is 9.80 Å². The fourth-order valence-electron chi connectivity index (χ4n) is 4.73. The molecule has 4 rings (SSSR count). The van der Waals surface area contributed by atoms with Crippen molar-refractivity contribution >= 4 is 17.4 Å². The van der Waals surface area contributed by atoms with E-state index in [1.54, 1.807) is 7.11 Å². The lowest BCUT2D eigenvalue weighted by molar-refractivity contribution is -0.138. The van der Waals surface area contributed by atoms with Gasteiger partial charge in [0.2, 0.25) is 0 Å². The second-order valence-corrected chi connectivity index (χ2v) is 8.74. The molecule has 5 nitrogen and oxygen atoms in total. The van der Waals surface area contributed by atoms with E-state index in [-0.39, 0.29) is 18.4 Å². The summed E-state index contributed by atoms with van der Waals surface area (Å²) in [5, 5.41) is 0. The van der Waals surface area contributed by atoms with Gasteiger partial charge in [-0.3, -0.25) is 14.5 Å². The van der Waals surface area contributed by atoms with E-state index in [0.29, 0.717) is 22.9 Å². The van der Waals surface area contributed by atoms with E-state index in [2.05, 4.69) is 17.9 Å². The molecule has 0 aromatic heterocycles. The second-order valence-electron chi connectivity index (χ2n) is 8.74. The number of methoxy groups -OCH3 is 1. The highest BCUT2D eigenvalue weighted by atomic mass is 16.5. The van der Waals surface area contributed by atoms with Gasteiger partial charge in [-0.1, -0.05) is 48.9 Å². The maximum absolute atomic E-state index is 13.7.